The predicted molar refractivity (Wildman–Crippen MR) is 99.2 cm³/mol. The Balaban J connectivity index is 1.97. The van der Waals surface area contributed by atoms with Crippen molar-refractivity contribution in [1.82, 2.24) is 15.5 Å². The van der Waals surface area contributed by atoms with Crippen LogP contribution in [0.25, 0.3) is 22.0 Å². The van der Waals surface area contributed by atoms with Gasteiger partial charge in [-0.15, -0.1) is 0 Å². The van der Waals surface area contributed by atoms with Gasteiger partial charge >= 0.3 is 6.03 Å². The van der Waals surface area contributed by atoms with Crippen molar-refractivity contribution in [3.8, 4) is 11.3 Å². The van der Waals surface area contributed by atoms with Crippen LogP contribution in [0.3, 0.4) is 0 Å². The van der Waals surface area contributed by atoms with Crippen molar-refractivity contribution in [3.05, 3.63) is 58.4 Å². The number of carbonyl (C=O) groups excluding carboxylic acids is 2. The maximum absolute atomic E-state index is 12.0. The second kappa shape index (κ2) is 7.28. The SMILES string of the molecule is Cc1ccc(-c2n[nH]c(=O)c3ccccc23)cc1NC(=O)N[C@@H](C)C(=O)[O-]. The van der Waals surface area contributed by atoms with Gasteiger partial charge < -0.3 is 20.5 Å². The summed E-state index contributed by atoms with van der Waals surface area (Å²) >= 11 is 0. The summed E-state index contributed by atoms with van der Waals surface area (Å²) in [6.07, 6.45) is 0. The maximum atomic E-state index is 12.0. The summed E-state index contributed by atoms with van der Waals surface area (Å²) in [5.74, 6) is -1.38. The average Bonchev–Trinajstić information content (AvgIpc) is 2.64. The van der Waals surface area contributed by atoms with E-state index in [-0.39, 0.29) is 5.56 Å². The molecule has 0 spiro atoms. The van der Waals surface area contributed by atoms with Crippen LogP contribution in [0.2, 0.25) is 0 Å². The van der Waals surface area contributed by atoms with E-state index in [0.717, 1.165) is 5.56 Å². The molecule has 3 aromatic rings. The smallest absolute Gasteiger partial charge is 0.319 e. The number of nitrogens with one attached hydrogen (secondary N) is 3. The van der Waals surface area contributed by atoms with E-state index in [9.17, 15) is 19.5 Å². The van der Waals surface area contributed by atoms with Gasteiger partial charge in [0.25, 0.3) is 5.56 Å². The highest BCUT2D eigenvalue weighted by Gasteiger charge is 2.13. The molecule has 8 nitrogen and oxygen atoms in total. The quantitative estimate of drug-likeness (QED) is 0.639. The number of hydrogen-bond donors (Lipinski definition) is 3. The molecule has 0 bridgehead atoms. The average molecular weight is 365 g/mol. The van der Waals surface area contributed by atoms with Crippen molar-refractivity contribution >= 4 is 28.5 Å². The van der Waals surface area contributed by atoms with Gasteiger partial charge in [0.2, 0.25) is 0 Å². The highest BCUT2D eigenvalue weighted by atomic mass is 16.4. The third kappa shape index (κ3) is 3.79. The molecule has 0 saturated carbocycles. The summed E-state index contributed by atoms with van der Waals surface area (Å²) in [5, 5.41) is 23.5. The van der Waals surface area contributed by atoms with Crippen molar-refractivity contribution < 1.29 is 14.7 Å². The van der Waals surface area contributed by atoms with Crippen molar-refractivity contribution in [2.75, 3.05) is 5.32 Å². The lowest BCUT2D eigenvalue weighted by molar-refractivity contribution is -0.307. The summed E-state index contributed by atoms with van der Waals surface area (Å²) < 4.78 is 0. The molecule has 2 amide bonds. The zero-order valence-corrected chi connectivity index (χ0v) is 14.7. The Morgan fingerprint density at radius 3 is 2.56 bits per heavy atom. The minimum absolute atomic E-state index is 0.282. The van der Waals surface area contributed by atoms with Crippen LogP contribution in [0.15, 0.2) is 47.3 Å². The van der Waals surface area contributed by atoms with E-state index in [1.807, 2.05) is 12.1 Å². The van der Waals surface area contributed by atoms with E-state index in [2.05, 4.69) is 20.8 Å². The molecule has 0 aliphatic carbocycles. The van der Waals surface area contributed by atoms with E-state index >= 15 is 0 Å². The lowest BCUT2D eigenvalue weighted by Gasteiger charge is -2.16. The first-order chi connectivity index (χ1) is 12.9. The van der Waals surface area contributed by atoms with Crippen LogP contribution in [0.1, 0.15) is 12.5 Å². The van der Waals surface area contributed by atoms with Crippen molar-refractivity contribution in [1.29, 1.82) is 0 Å². The Bertz CT molecular complexity index is 1090. The number of fused-ring (bicyclic) bond motifs is 1. The topological polar surface area (TPSA) is 127 Å². The first-order valence-electron chi connectivity index (χ1n) is 8.23. The van der Waals surface area contributed by atoms with Crippen LogP contribution in [0, 0.1) is 6.92 Å². The summed E-state index contributed by atoms with van der Waals surface area (Å²) in [6, 6.07) is 10.6. The molecule has 0 saturated heterocycles. The van der Waals surface area contributed by atoms with Crippen LogP contribution < -0.4 is 21.3 Å². The fraction of sp³-hybridized carbons (Fsp3) is 0.158. The number of aromatic amines is 1. The summed E-state index contributed by atoms with van der Waals surface area (Å²) in [6.45, 7) is 3.12. The van der Waals surface area contributed by atoms with Crippen molar-refractivity contribution in [2.24, 2.45) is 0 Å². The molecule has 1 aromatic heterocycles. The normalized spacial score (nSPS) is 11.8. The Kier molecular flexibility index (Phi) is 4.89. The molecule has 3 rings (SSSR count). The lowest BCUT2D eigenvalue weighted by atomic mass is 10.0. The Labute approximate surface area is 154 Å². The van der Waals surface area contributed by atoms with Gasteiger partial charge in [-0.2, -0.15) is 5.10 Å². The molecular formula is C19H17N4O4-. The van der Waals surface area contributed by atoms with Gasteiger partial charge in [-0.05, 0) is 31.5 Å². The van der Waals surface area contributed by atoms with Crippen LogP contribution in [-0.4, -0.2) is 28.2 Å². The summed E-state index contributed by atoms with van der Waals surface area (Å²) in [5.41, 5.74) is 2.25. The number of aliphatic carboxylic acids is 1. The number of carboxylic acids is 1. The monoisotopic (exact) mass is 365 g/mol. The molecular weight excluding hydrogens is 348 g/mol. The number of rotatable bonds is 4. The number of carbonyl (C=O) groups is 2. The molecule has 27 heavy (non-hydrogen) atoms. The molecule has 8 heteroatoms. The molecule has 138 valence electrons. The summed E-state index contributed by atoms with van der Waals surface area (Å²) in [7, 11) is 0. The number of aromatic nitrogens is 2. The summed E-state index contributed by atoms with van der Waals surface area (Å²) in [4.78, 5) is 34.7. The lowest BCUT2D eigenvalue weighted by Crippen LogP contribution is -2.47. The molecule has 0 fully saturated rings. The molecule has 3 N–H and O–H groups in total. The number of anilines is 1. The molecule has 1 heterocycles. The van der Waals surface area contributed by atoms with Crippen LogP contribution in [-0.2, 0) is 4.79 Å². The number of hydrogen-bond acceptors (Lipinski definition) is 5. The first-order valence-corrected chi connectivity index (χ1v) is 8.23. The molecule has 2 aromatic carbocycles. The predicted octanol–water partition coefficient (Wildman–Crippen LogP) is 1.16. The van der Waals surface area contributed by atoms with E-state index in [0.29, 0.717) is 27.7 Å². The van der Waals surface area contributed by atoms with Crippen LogP contribution >= 0.6 is 0 Å². The third-order valence-corrected chi connectivity index (χ3v) is 4.16. The number of H-pyrrole nitrogens is 1. The fourth-order valence-electron chi connectivity index (χ4n) is 2.65. The number of amides is 2. The number of urea groups is 1. The molecule has 0 radical (unpaired) electrons. The Morgan fingerprint density at radius 1 is 1.15 bits per heavy atom. The standard InChI is InChI=1S/C19H18N4O4/c1-10-7-8-12(9-15(10)21-19(27)20-11(2)18(25)26)16-13-5-3-4-6-14(13)17(24)23-22-16/h3-9,11H,1-2H3,(H,23,24)(H,25,26)(H2,20,21,27)/p-1/t11-/m0/s1. The van der Waals surface area contributed by atoms with E-state index < -0.39 is 18.0 Å². The largest absolute Gasteiger partial charge is 0.548 e. The Morgan fingerprint density at radius 2 is 1.85 bits per heavy atom. The fourth-order valence-corrected chi connectivity index (χ4v) is 2.65. The first kappa shape index (κ1) is 18.1. The van der Waals surface area contributed by atoms with Crippen LogP contribution in [0.5, 0.6) is 0 Å². The molecule has 1 atom stereocenters. The van der Waals surface area contributed by atoms with Gasteiger partial charge in [0.1, 0.15) is 0 Å². The van der Waals surface area contributed by atoms with Gasteiger partial charge in [-0.25, -0.2) is 9.89 Å². The second-order valence-corrected chi connectivity index (χ2v) is 6.12. The van der Waals surface area contributed by atoms with E-state index in [1.165, 1.54) is 6.92 Å². The Hall–Kier alpha value is -3.68. The van der Waals surface area contributed by atoms with Gasteiger partial charge in [0, 0.05) is 16.6 Å². The number of aryl methyl sites for hydroxylation is 1. The minimum Gasteiger partial charge on any atom is -0.548 e. The van der Waals surface area contributed by atoms with Crippen LogP contribution in [0.4, 0.5) is 10.5 Å². The highest BCUT2D eigenvalue weighted by molar-refractivity contribution is 5.96. The maximum Gasteiger partial charge on any atom is 0.319 e. The molecule has 0 aliphatic rings. The number of nitrogens with zero attached hydrogens (tertiary/aromatic N) is 1. The van der Waals surface area contributed by atoms with E-state index in [4.69, 9.17) is 0 Å². The molecule has 0 unspecified atom stereocenters. The molecule has 0 aliphatic heterocycles. The number of carboxylic acid groups (broad SMARTS) is 1. The van der Waals surface area contributed by atoms with Gasteiger partial charge in [-0.1, -0.05) is 30.3 Å². The highest BCUT2D eigenvalue weighted by Crippen LogP contribution is 2.28. The number of benzene rings is 2. The zero-order valence-electron chi connectivity index (χ0n) is 14.7. The second-order valence-electron chi connectivity index (χ2n) is 6.12. The third-order valence-electron chi connectivity index (χ3n) is 4.16. The zero-order chi connectivity index (χ0) is 19.6. The van der Waals surface area contributed by atoms with Crippen molar-refractivity contribution in [2.45, 2.75) is 19.9 Å². The van der Waals surface area contributed by atoms with Gasteiger partial charge in [0.05, 0.1) is 23.1 Å². The van der Waals surface area contributed by atoms with E-state index in [1.54, 1.807) is 37.3 Å². The van der Waals surface area contributed by atoms with Crippen molar-refractivity contribution in [3.63, 3.8) is 0 Å². The minimum atomic E-state index is -1.38. The van der Waals surface area contributed by atoms with Gasteiger partial charge in [-0.3, -0.25) is 4.79 Å². The van der Waals surface area contributed by atoms with Gasteiger partial charge in [0.15, 0.2) is 0 Å².